The minimum Gasteiger partial charge on any atom is -0.310 e. The molecular weight excluding hydrogens is 753 g/mol. The number of hydrogen-bond acceptors (Lipinski definition) is 4. The molecule has 10 rings (SSSR count). The smallest absolute Gasteiger partial charge is 0.0991 e. The van der Waals surface area contributed by atoms with Gasteiger partial charge in [-0.3, -0.25) is 0 Å². The third kappa shape index (κ3) is 6.73. The lowest BCUT2D eigenvalue weighted by Crippen LogP contribution is -2.12. The number of anilines is 6. The lowest BCUT2D eigenvalue weighted by molar-refractivity contribution is 0.868. The van der Waals surface area contributed by atoms with E-state index in [1.807, 2.05) is 24.3 Å². The molecule has 10 aromatic rings. The zero-order valence-corrected chi connectivity index (χ0v) is 35.3. The first kappa shape index (κ1) is 38.3. The largest absolute Gasteiger partial charge is 0.310 e. The van der Waals surface area contributed by atoms with Crippen LogP contribution in [0.1, 0.15) is 61.8 Å². The van der Waals surface area contributed by atoms with Crippen LogP contribution in [0.25, 0.3) is 53.9 Å². The average molecular weight is 797 g/mol. The molecule has 0 fully saturated rings. The zero-order valence-electron chi connectivity index (χ0n) is 35.3. The molecule has 10 aromatic carbocycles. The van der Waals surface area contributed by atoms with Crippen molar-refractivity contribution in [3.05, 3.63) is 204 Å². The molecule has 0 heterocycles. The SMILES string of the molecule is CC(C)c1ccc2c(N(c3ccc(C#N)cc3)c3ccc4ccccc4c3)cc3c4cc(C(C)C)ccc4c(N(c4ccc(C#N)cc4)c4ccc5ccccc5c4)cc3c2c1. The maximum absolute atomic E-state index is 9.81. The van der Waals surface area contributed by atoms with Crippen LogP contribution in [0.3, 0.4) is 0 Å². The van der Waals surface area contributed by atoms with Gasteiger partial charge in [0.1, 0.15) is 0 Å². The Bertz CT molecular complexity index is 3210. The van der Waals surface area contributed by atoms with E-state index in [0.717, 1.165) is 66.4 Å². The van der Waals surface area contributed by atoms with Crippen LogP contribution >= 0.6 is 0 Å². The van der Waals surface area contributed by atoms with Gasteiger partial charge in [-0.05, 0) is 151 Å². The van der Waals surface area contributed by atoms with Crippen molar-refractivity contribution in [2.24, 2.45) is 0 Å². The Hall–Kier alpha value is -7.92. The number of rotatable bonds is 8. The van der Waals surface area contributed by atoms with Gasteiger partial charge in [-0.25, -0.2) is 0 Å². The van der Waals surface area contributed by atoms with E-state index in [4.69, 9.17) is 0 Å². The van der Waals surface area contributed by atoms with Crippen LogP contribution in [0.4, 0.5) is 34.1 Å². The summed E-state index contributed by atoms with van der Waals surface area (Å²) in [5, 5.41) is 31.2. The van der Waals surface area contributed by atoms with Crippen molar-refractivity contribution in [2.75, 3.05) is 9.80 Å². The molecule has 0 radical (unpaired) electrons. The highest BCUT2D eigenvalue weighted by Gasteiger charge is 2.24. The molecule has 0 unspecified atom stereocenters. The first-order valence-corrected chi connectivity index (χ1v) is 21.3. The molecule has 0 saturated heterocycles. The predicted octanol–water partition coefficient (Wildman–Crippen LogP) is 16.4. The Labute approximate surface area is 362 Å². The van der Waals surface area contributed by atoms with Crippen LogP contribution in [0.5, 0.6) is 0 Å². The fourth-order valence-corrected chi connectivity index (χ4v) is 8.99. The summed E-state index contributed by atoms with van der Waals surface area (Å²) >= 11 is 0. The molecule has 0 amide bonds. The Kier molecular flexibility index (Phi) is 9.63. The molecule has 0 aliphatic heterocycles. The molecule has 0 aliphatic rings. The topological polar surface area (TPSA) is 54.1 Å². The summed E-state index contributed by atoms with van der Waals surface area (Å²) in [4.78, 5) is 4.71. The molecule has 62 heavy (non-hydrogen) atoms. The highest BCUT2D eigenvalue weighted by Crippen LogP contribution is 2.49. The molecule has 296 valence electrons. The van der Waals surface area contributed by atoms with Crippen molar-refractivity contribution < 1.29 is 0 Å². The van der Waals surface area contributed by atoms with Gasteiger partial charge < -0.3 is 9.80 Å². The standard InChI is InChI=1S/C58H44N4/c1-37(2)43-19-27-51-53(31-43)55-33-58(62(48-23-15-40(36-60)16-24-48)50-26-18-42-10-6-8-12-46(42)30-50)52-28-20-44(38(3)4)32-54(52)56(55)34-57(51)61(47-21-13-39(35-59)14-22-47)49-25-17-41-9-5-7-11-45(41)29-49/h5-34,37-38H,1-4H3. The normalized spacial score (nSPS) is 11.5. The van der Waals surface area contributed by atoms with Gasteiger partial charge in [0.15, 0.2) is 0 Å². The molecule has 0 atom stereocenters. The summed E-state index contributed by atoms with van der Waals surface area (Å²) in [6.07, 6.45) is 0. The maximum atomic E-state index is 9.81. The van der Waals surface area contributed by atoms with E-state index in [9.17, 15) is 10.5 Å². The lowest BCUT2D eigenvalue weighted by atomic mass is 9.89. The van der Waals surface area contributed by atoms with E-state index in [1.165, 1.54) is 32.7 Å². The molecule has 0 aliphatic carbocycles. The Morgan fingerprint density at radius 3 is 1.06 bits per heavy atom. The van der Waals surface area contributed by atoms with E-state index in [-0.39, 0.29) is 0 Å². The van der Waals surface area contributed by atoms with Gasteiger partial charge in [0, 0.05) is 33.5 Å². The zero-order chi connectivity index (χ0) is 42.5. The van der Waals surface area contributed by atoms with E-state index in [1.54, 1.807) is 0 Å². The van der Waals surface area contributed by atoms with E-state index >= 15 is 0 Å². The molecule has 0 saturated carbocycles. The maximum Gasteiger partial charge on any atom is 0.0991 e. The summed E-state index contributed by atoms with van der Waals surface area (Å²) in [5.41, 5.74) is 9.91. The second-order valence-electron chi connectivity index (χ2n) is 16.9. The van der Waals surface area contributed by atoms with Crippen LogP contribution in [-0.2, 0) is 0 Å². The first-order chi connectivity index (χ1) is 30.3. The third-order valence-electron chi connectivity index (χ3n) is 12.4. The lowest BCUT2D eigenvalue weighted by Gasteiger charge is -2.30. The quantitative estimate of drug-likeness (QED) is 0.144. The fraction of sp³-hybridized carbons (Fsp3) is 0.103. The van der Waals surface area contributed by atoms with Gasteiger partial charge in [-0.2, -0.15) is 10.5 Å². The molecular formula is C58H44N4. The van der Waals surface area contributed by atoms with E-state index < -0.39 is 0 Å². The van der Waals surface area contributed by atoms with Gasteiger partial charge in [0.2, 0.25) is 0 Å². The van der Waals surface area contributed by atoms with Gasteiger partial charge >= 0.3 is 0 Å². The number of fused-ring (bicyclic) bond motifs is 7. The second-order valence-corrected chi connectivity index (χ2v) is 16.9. The summed E-state index contributed by atoms with van der Waals surface area (Å²) < 4.78 is 0. The Morgan fingerprint density at radius 2 is 0.694 bits per heavy atom. The Balaban J connectivity index is 1.34. The number of nitriles is 2. The van der Waals surface area contributed by atoms with Gasteiger partial charge in [-0.15, -0.1) is 0 Å². The number of nitrogens with zero attached hydrogens (tertiary/aromatic N) is 4. The van der Waals surface area contributed by atoms with Crippen LogP contribution in [0, 0.1) is 22.7 Å². The van der Waals surface area contributed by atoms with Crippen molar-refractivity contribution in [3.63, 3.8) is 0 Å². The van der Waals surface area contributed by atoms with Crippen molar-refractivity contribution in [1.82, 2.24) is 0 Å². The number of hydrogen-bond donors (Lipinski definition) is 0. The van der Waals surface area contributed by atoms with Crippen LogP contribution in [-0.4, -0.2) is 0 Å². The van der Waals surface area contributed by atoms with Crippen molar-refractivity contribution in [3.8, 4) is 12.1 Å². The molecule has 0 bridgehead atoms. The summed E-state index contributed by atoms with van der Waals surface area (Å²) in [5.74, 6) is 0.627. The minimum absolute atomic E-state index is 0.313. The van der Waals surface area contributed by atoms with Crippen LogP contribution in [0.2, 0.25) is 0 Å². The number of benzene rings is 10. The monoisotopic (exact) mass is 796 g/mol. The molecule has 4 heteroatoms. The first-order valence-electron chi connectivity index (χ1n) is 21.3. The predicted molar refractivity (Wildman–Crippen MR) is 261 cm³/mol. The Morgan fingerprint density at radius 1 is 0.339 bits per heavy atom. The molecule has 0 aromatic heterocycles. The summed E-state index contributed by atoms with van der Waals surface area (Å²) in [6, 6.07) is 69.5. The van der Waals surface area contributed by atoms with Crippen LogP contribution < -0.4 is 9.80 Å². The van der Waals surface area contributed by atoms with Gasteiger partial charge in [-0.1, -0.05) is 125 Å². The van der Waals surface area contributed by atoms with Crippen molar-refractivity contribution in [2.45, 2.75) is 39.5 Å². The van der Waals surface area contributed by atoms with Crippen LogP contribution in [0.15, 0.2) is 182 Å². The fourth-order valence-electron chi connectivity index (χ4n) is 8.99. The average Bonchev–Trinajstić information content (AvgIpc) is 3.31. The van der Waals surface area contributed by atoms with Gasteiger partial charge in [0.25, 0.3) is 0 Å². The van der Waals surface area contributed by atoms with Gasteiger partial charge in [0.05, 0.1) is 34.6 Å². The molecule has 4 nitrogen and oxygen atoms in total. The van der Waals surface area contributed by atoms with Crippen molar-refractivity contribution >= 4 is 88.0 Å². The molecule has 0 N–H and O–H groups in total. The molecule has 0 spiro atoms. The minimum atomic E-state index is 0.313. The van der Waals surface area contributed by atoms with Crippen molar-refractivity contribution in [1.29, 1.82) is 10.5 Å². The summed E-state index contributed by atoms with van der Waals surface area (Å²) in [7, 11) is 0. The summed E-state index contributed by atoms with van der Waals surface area (Å²) in [6.45, 7) is 9.03. The van der Waals surface area contributed by atoms with E-state index in [2.05, 4.69) is 207 Å². The van der Waals surface area contributed by atoms with E-state index in [0.29, 0.717) is 23.0 Å². The second kappa shape index (κ2) is 15.6. The highest BCUT2D eigenvalue weighted by molar-refractivity contribution is 6.25. The highest BCUT2D eigenvalue weighted by atomic mass is 15.2. The third-order valence-corrected chi connectivity index (χ3v) is 12.4.